The van der Waals surface area contributed by atoms with Crippen molar-refractivity contribution in [2.24, 2.45) is 0 Å². The third-order valence-electron chi connectivity index (χ3n) is 3.06. The molecule has 0 aliphatic carbocycles. The molecule has 18 heavy (non-hydrogen) atoms. The van der Waals surface area contributed by atoms with Crippen LogP contribution < -0.4 is 5.32 Å². The fourth-order valence-corrected chi connectivity index (χ4v) is 1.99. The van der Waals surface area contributed by atoms with Gasteiger partial charge in [0.2, 0.25) is 0 Å². The Kier molecular flexibility index (Phi) is 5.04. The molecule has 0 bridgehead atoms. The molecular formula is C12H15ClF2N2O. The van der Waals surface area contributed by atoms with Gasteiger partial charge in [-0.15, -0.1) is 12.4 Å². The fourth-order valence-electron chi connectivity index (χ4n) is 1.99. The Labute approximate surface area is 111 Å². The molecule has 1 aromatic carbocycles. The summed E-state index contributed by atoms with van der Waals surface area (Å²) in [6.45, 7) is 1.57. The maximum Gasteiger partial charge on any atom is 0.256 e. The van der Waals surface area contributed by atoms with E-state index in [-0.39, 0.29) is 24.0 Å². The van der Waals surface area contributed by atoms with Crippen molar-refractivity contribution < 1.29 is 13.6 Å². The lowest BCUT2D eigenvalue weighted by molar-refractivity contribution is 0.0739. The van der Waals surface area contributed by atoms with Gasteiger partial charge in [0, 0.05) is 25.7 Å². The second-order valence-corrected chi connectivity index (χ2v) is 4.19. The van der Waals surface area contributed by atoms with Crippen LogP contribution >= 0.6 is 12.4 Å². The van der Waals surface area contributed by atoms with Crippen molar-refractivity contribution in [3.63, 3.8) is 0 Å². The smallest absolute Gasteiger partial charge is 0.256 e. The maximum absolute atomic E-state index is 13.4. The number of hydrogen-bond acceptors (Lipinski definition) is 2. The van der Waals surface area contributed by atoms with Crippen LogP contribution in [0.25, 0.3) is 0 Å². The van der Waals surface area contributed by atoms with E-state index in [9.17, 15) is 13.6 Å². The molecule has 100 valence electrons. The molecule has 1 unspecified atom stereocenters. The Morgan fingerprint density at radius 3 is 2.72 bits per heavy atom. The molecule has 2 rings (SSSR count). The molecule has 1 aromatic rings. The van der Waals surface area contributed by atoms with E-state index in [1.165, 1.54) is 11.0 Å². The van der Waals surface area contributed by atoms with Crippen molar-refractivity contribution in [3.05, 3.63) is 35.4 Å². The van der Waals surface area contributed by atoms with Gasteiger partial charge in [-0.3, -0.25) is 4.79 Å². The van der Waals surface area contributed by atoms with Crippen LogP contribution in [0, 0.1) is 11.6 Å². The number of benzene rings is 1. The zero-order valence-electron chi connectivity index (χ0n) is 9.95. The zero-order valence-corrected chi connectivity index (χ0v) is 10.8. The molecule has 0 saturated carbocycles. The summed E-state index contributed by atoms with van der Waals surface area (Å²) >= 11 is 0. The van der Waals surface area contributed by atoms with E-state index in [1.807, 2.05) is 0 Å². The van der Waals surface area contributed by atoms with E-state index in [1.54, 1.807) is 7.05 Å². The van der Waals surface area contributed by atoms with E-state index >= 15 is 0 Å². The molecule has 0 spiro atoms. The number of amides is 1. The minimum Gasteiger partial charge on any atom is -0.337 e. The topological polar surface area (TPSA) is 32.3 Å². The first-order valence-electron chi connectivity index (χ1n) is 5.52. The third-order valence-corrected chi connectivity index (χ3v) is 3.06. The molecule has 6 heteroatoms. The highest BCUT2D eigenvalue weighted by atomic mass is 35.5. The molecule has 1 aliphatic rings. The number of carbonyl (C=O) groups excluding carboxylic acids is 1. The summed E-state index contributed by atoms with van der Waals surface area (Å²) in [5, 5.41) is 3.14. The Bertz CT molecular complexity index is 436. The molecule has 0 aromatic heterocycles. The first kappa shape index (κ1) is 14.9. The Morgan fingerprint density at radius 1 is 1.44 bits per heavy atom. The van der Waals surface area contributed by atoms with E-state index in [2.05, 4.69) is 5.32 Å². The highest BCUT2D eigenvalue weighted by Gasteiger charge is 2.25. The Hall–Kier alpha value is -1.20. The van der Waals surface area contributed by atoms with Gasteiger partial charge in [-0.2, -0.15) is 0 Å². The van der Waals surface area contributed by atoms with Crippen molar-refractivity contribution in [1.29, 1.82) is 0 Å². The molecular weight excluding hydrogens is 262 g/mol. The molecule has 1 saturated heterocycles. The minimum atomic E-state index is -0.812. The van der Waals surface area contributed by atoms with Crippen LogP contribution in [0.15, 0.2) is 18.2 Å². The number of nitrogens with zero attached hydrogens (tertiary/aromatic N) is 1. The van der Waals surface area contributed by atoms with Crippen molar-refractivity contribution in [3.8, 4) is 0 Å². The molecule has 3 nitrogen and oxygen atoms in total. The normalized spacial score (nSPS) is 18.3. The van der Waals surface area contributed by atoms with Gasteiger partial charge in [-0.25, -0.2) is 8.78 Å². The SMILES string of the molecule is CN(C(=O)c1ccc(F)cc1F)C1CCNC1.Cl. The van der Waals surface area contributed by atoms with Gasteiger partial charge in [0.15, 0.2) is 0 Å². The van der Waals surface area contributed by atoms with Gasteiger partial charge in [0.05, 0.1) is 5.56 Å². The summed E-state index contributed by atoms with van der Waals surface area (Å²) in [5.74, 6) is -1.90. The van der Waals surface area contributed by atoms with E-state index in [4.69, 9.17) is 0 Å². The van der Waals surface area contributed by atoms with E-state index in [0.29, 0.717) is 6.54 Å². The Balaban J connectivity index is 0.00000162. The monoisotopic (exact) mass is 276 g/mol. The number of halogens is 3. The number of carbonyl (C=O) groups is 1. The summed E-state index contributed by atoms with van der Waals surface area (Å²) in [5.41, 5.74) is -0.0826. The lowest BCUT2D eigenvalue weighted by Gasteiger charge is -2.23. The second kappa shape index (κ2) is 6.11. The van der Waals surface area contributed by atoms with Gasteiger partial charge in [-0.05, 0) is 25.1 Å². The summed E-state index contributed by atoms with van der Waals surface area (Å²) in [6.07, 6.45) is 0.852. The summed E-state index contributed by atoms with van der Waals surface area (Å²) in [7, 11) is 1.64. The molecule has 1 amide bonds. The van der Waals surface area contributed by atoms with Crippen LogP contribution in [0.2, 0.25) is 0 Å². The quantitative estimate of drug-likeness (QED) is 0.894. The molecule has 1 N–H and O–H groups in total. The number of rotatable bonds is 2. The zero-order chi connectivity index (χ0) is 12.4. The van der Waals surface area contributed by atoms with Crippen LogP contribution in [-0.4, -0.2) is 37.0 Å². The summed E-state index contributed by atoms with van der Waals surface area (Å²) in [6, 6.07) is 3.09. The molecule has 1 aliphatic heterocycles. The van der Waals surface area contributed by atoms with Crippen molar-refractivity contribution in [2.45, 2.75) is 12.5 Å². The molecule has 0 radical (unpaired) electrons. The minimum absolute atomic E-state index is 0. The lowest BCUT2D eigenvalue weighted by Crippen LogP contribution is -2.38. The van der Waals surface area contributed by atoms with Gasteiger partial charge in [0.25, 0.3) is 5.91 Å². The Morgan fingerprint density at radius 2 is 2.17 bits per heavy atom. The van der Waals surface area contributed by atoms with Gasteiger partial charge >= 0.3 is 0 Å². The predicted octanol–water partition coefficient (Wildman–Crippen LogP) is 1.82. The average molecular weight is 277 g/mol. The fraction of sp³-hybridized carbons (Fsp3) is 0.417. The van der Waals surface area contributed by atoms with Crippen LogP contribution in [-0.2, 0) is 0 Å². The number of nitrogens with one attached hydrogen (secondary N) is 1. The van der Waals surface area contributed by atoms with E-state index < -0.39 is 17.5 Å². The van der Waals surface area contributed by atoms with Gasteiger partial charge < -0.3 is 10.2 Å². The summed E-state index contributed by atoms with van der Waals surface area (Å²) < 4.78 is 26.2. The van der Waals surface area contributed by atoms with Crippen molar-refractivity contribution in [1.82, 2.24) is 10.2 Å². The maximum atomic E-state index is 13.4. The summed E-state index contributed by atoms with van der Waals surface area (Å²) in [4.78, 5) is 13.5. The first-order valence-corrected chi connectivity index (χ1v) is 5.52. The van der Waals surface area contributed by atoms with Crippen LogP contribution in [0.3, 0.4) is 0 Å². The van der Waals surface area contributed by atoms with Gasteiger partial charge in [0.1, 0.15) is 11.6 Å². The third kappa shape index (κ3) is 2.97. The van der Waals surface area contributed by atoms with Crippen LogP contribution in [0.1, 0.15) is 16.8 Å². The molecule has 1 fully saturated rings. The van der Waals surface area contributed by atoms with Crippen LogP contribution in [0.5, 0.6) is 0 Å². The van der Waals surface area contributed by atoms with Crippen LogP contribution in [0.4, 0.5) is 8.78 Å². The predicted molar refractivity (Wildman–Crippen MR) is 67.0 cm³/mol. The largest absolute Gasteiger partial charge is 0.337 e. The second-order valence-electron chi connectivity index (χ2n) is 4.19. The molecule has 1 atom stereocenters. The first-order chi connectivity index (χ1) is 8.09. The van der Waals surface area contributed by atoms with Crippen molar-refractivity contribution in [2.75, 3.05) is 20.1 Å². The van der Waals surface area contributed by atoms with E-state index in [0.717, 1.165) is 25.1 Å². The number of likely N-dealkylation sites (N-methyl/N-ethyl adjacent to an activating group) is 1. The van der Waals surface area contributed by atoms with Crippen molar-refractivity contribution >= 4 is 18.3 Å². The average Bonchev–Trinajstić information content (AvgIpc) is 2.80. The highest BCUT2D eigenvalue weighted by molar-refractivity contribution is 5.94. The standard InChI is InChI=1S/C12H14F2N2O.ClH/c1-16(9-4-5-15-7-9)12(17)10-3-2-8(13)6-11(10)14;/h2-3,6,9,15H,4-5,7H2,1H3;1H. The lowest BCUT2D eigenvalue weighted by atomic mass is 10.1. The highest BCUT2D eigenvalue weighted by Crippen LogP contribution is 2.15. The van der Waals surface area contributed by atoms with Gasteiger partial charge in [-0.1, -0.05) is 0 Å². The number of hydrogen-bond donors (Lipinski definition) is 1. The molecule has 1 heterocycles.